The lowest BCUT2D eigenvalue weighted by molar-refractivity contribution is -0.116. The Morgan fingerprint density at radius 3 is 2.13 bits per heavy atom. The molecule has 6 nitrogen and oxygen atoms in total. The number of carbonyl (C=O) groups excluding carboxylic acids is 2. The largest absolute Gasteiger partial charge is 0.326 e. The Labute approximate surface area is 135 Å². The second-order valence-electron chi connectivity index (χ2n) is 5.72. The molecular formula is C17H20N4O2. The van der Waals surface area contributed by atoms with Gasteiger partial charge in [0, 0.05) is 24.0 Å². The van der Waals surface area contributed by atoms with E-state index in [0.29, 0.717) is 23.7 Å². The van der Waals surface area contributed by atoms with Gasteiger partial charge in [-0.05, 0) is 37.1 Å². The summed E-state index contributed by atoms with van der Waals surface area (Å²) < 4.78 is 0. The summed E-state index contributed by atoms with van der Waals surface area (Å²) in [7, 11) is 0. The molecule has 0 fully saturated rings. The molecule has 120 valence electrons. The zero-order valence-electron chi connectivity index (χ0n) is 13.5. The maximum absolute atomic E-state index is 12.0. The van der Waals surface area contributed by atoms with Crippen molar-refractivity contribution >= 4 is 23.2 Å². The predicted molar refractivity (Wildman–Crippen MR) is 89.2 cm³/mol. The van der Waals surface area contributed by atoms with Crippen molar-refractivity contribution in [1.29, 1.82) is 0 Å². The van der Waals surface area contributed by atoms with Crippen molar-refractivity contribution < 1.29 is 9.59 Å². The molecule has 0 aliphatic heterocycles. The molecule has 0 unspecified atom stereocenters. The standard InChI is InChI=1S/C17H20N4O2/c1-11(2)8-16(22)20-13-4-6-14(7-5-13)21-17(23)15-10-18-12(3)9-19-15/h4-7,9-11H,8H2,1-3H3,(H,20,22)(H,21,23). The summed E-state index contributed by atoms with van der Waals surface area (Å²) in [6.07, 6.45) is 3.46. The van der Waals surface area contributed by atoms with Gasteiger partial charge < -0.3 is 10.6 Å². The van der Waals surface area contributed by atoms with E-state index in [0.717, 1.165) is 5.69 Å². The van der Waals surface area contributed by atoms with Gasteiger partial charge in [-0.25, -0.2) is 4.98 Å². The molecular weight excluding hydrogens is 292 g/mol. The first kappa shape index (κ1) is 16.6. The van der Waals surface area contributed by atoms with E-state index in [-0.39, 0.29) is 17.5 Å². The lowest BCUT2D eigenvalue weighted by Crippen LogP contribution is -2.15. The van der Waals surface area contributed by atoms with E-state index in [9.17, 15) is 9.59 Å². The summed E-state index contributed by atoms with van der Waals surface area (Å²) in [4.78, 5) is 31.8. The van der Waals surface area contributed by atoms with Gasteiger partial charge in [-0.1, -0.05) is 13.8 Å². The SMILES string of the molecule is Cc1cnc(C(=O)Nc2ccc(NC(=O)CC(C)C)cc2)cn1. The minimum absolute atomic E-state index is 0.0216. The number of nitrogens with one attached hydrogen (secondary N) is 2. The number of benzene rings is 1. The fourth-order valence-electron chi connectivity index (χ4n) is 1.92. The maximum atomic E-state index is 12.0. The average Bonchev–Trinajstić information content (AvgIpc) is 2.49. The monoisotopic (exact) mass is 312 g/mol. The predicted octanol–water partition coefficient (Wildman–Crippen LogP) is 3.02. The molecule has 0 atom stereocenters. The average molecular weight is 312 g/mol. The summed E-state index contributed by atoms with van der Waals surface area (Å²) in [5.41, 5.74) is 2.33. The number of carbonyl (C=O) groups is 2. The van der Waals surface area contributed by atoms with Gasteiger partial charge in [0.15, 0.2) is 0 Å². The van der Waals surface area contributed by atoms with E-state index in [4.69, 9.17) is 0 Å². The van der Waals surface area contributed by atoms with Crippen molar-refractivity contribution in [3.05, 3.63) is 48.0 Å². The molecule has 0 saturated carbocycles. The van der Waals surface area contributed by atoms with E-state index in [1.165, 1.54) is 6.20 Å². The van der Waals surface area contributed by atoms with E-state index in [2.05, 4.69) is 20.6 Å². The van der Waals surface area contributed by atoms with Gasteiger partial charge >= 0.3 is 0 Å². The number of rotatable bonds is 5. The topological polar surface area (TPSA) is 84.0 Å². The zero-order chi connectivity index (χ0) is 16.8. The van der Waals surface area contributed by atoms with Crippen LogP contribution in [-0.2, 0) is 4.79 Å². The van der Waals surface area contributed by atoms with E-state index < -0.39 is 0 Å². The van der Waals surface area contributed by atoms with Gasteiger partial charge in [-0.15, -0.1) is 0 Å². The van der Waals surface area contributed by atoms with Gasteiger partial charge in [0.1, 0.15) is 5.69 Å². The lowest BCUT2D eigenvalue weighted by atomic mass is 10.1. The zero-order valence-corrected chi connectivity index (χ0v) is 13.5. The van der Waals surface area contributed by atoms with Crippen LogP contribution in [0.2, 0.25) is 0 Å². The molecule has 0 aliphatic carbocycles. The number of aromatic nitrogens is 2. The van der Waals surface area contributed by atoms with Crippen LogP contribution < -0.4 is 10.6 Å². The van der Waals surface area contributed by atoms with Crippen LogP contribution in [0.3, 0.4) is 0 Å². The molecule has 6 heteroatoms. The molecule has 2 N–H and O–H groups in total. The Morgan fingerprint density at radius 1 is 1.00 bits per heavy atom. The number of aryl methyl sites for hydroxylation is 1. The van der Waals surface area contributed by atoms with Crippen molar-refractivity contribution in [3.8, 4) is 0 Å². The number of amides is 2. The van der Waals surface area contributed by atoms with Crippen LogP contribution in [0.5, 0.6) is 0 Å². The summed E-state index contributed by atoms with van der Waals surface area (Å²) in [6, 6.07) is 6.94. The molecule has 23 heavy (non-hydrogen) atoms. The summed E-state index contributed by atoms with van der Waals surface area (Å²) >= 11 is 0. The first-order chi connectivity index (χ1) is 10.9. The van der Waals surface area contributed by atoms with Crippen molar-refractivity contribution in [3.63, 3.8) is 0 Å². The molecule has 2 aromatic rings. The van der Waals surface area contributed by atoms with Crippen molar-refractivity contribution in [2.75, 3.05) is 10.6 Å². The normalized spacial score (nSPS) is 10.4. The van der Waals surface area contributed by atoms with Crippen LogP contribution >= 0.6 is 0 Å². The van der Waals surface area contributed by atoms with Gasteiger partial charge in [0.2, 0.25) is 5.91 Å². The quantitative estimate of drug-likeness (QED) is 0.889. The summed E-state index contributed by atoms with van der Waals surface area (Å²) in [6.45, 7) is 5.79. The van der Waals surface area contributed by atoms with E-state index in [1.807, 2.05) is 13.8 Å². The Bertz CT molecular complexity index is 679. The smallest absolute Gasteiger partial charge is 0.275 e. The number of anilines is 2. The maximum Gasteiger partial charge on any atom is 0.275 e. The molecule has 2 rings (SSSR count). The van der Waals surface area contributed by atoms with Crippen LogP contribution in [-0.4, -0.2) is 21.8 Å². The van der Waals surface area contributed by atoms with Gasteiger partial charge in [-0.3, -0.25) is 14.6 Å². The first-order valence-corrected chi connectivity index (χ1v) is 7.44. The molecule has 0 bridgehead atoms. The lowest BCUT2D eigenvalue weighted by Gasteiger charge is -2.09. The minimum atomic E-state index is -0.325. The molecule has 0 radical (unpaired) electrons. The Morgan fingerprint density at radius 2 is 1.61 bits per heavy atom. The highest BCUT2D eigenvalue weighted by Gasteiger charge is 2.09. The molecule has 1 heterocycles. The third-order valence-electron chi connectivity index (χ3n) is 3.03. The van der Waals surface area contributed by atoms with Crippen LogP contribution in [0.4, 0.5) is 11.4 Å². The molecule has 0 saturated heterocycles. The second kappa shape index (κ2) is 7.49. The van der Waals surface area contributed by atoms with E-state index >= 15 is 0 Å². The van der Waals surface area contributed by atoms with E-state index in [1.54, 1.807) is 37.4 Å². The van der Waals surface area contributed by atoms with Crippen LogP contribution in [0.25, 0.3) is 0 Å². The Hall–Kier alpha value is -2.76. The molecule has 0 aliphatic rings. The molecule has 0 spiro atoms. The number of hydrogen-bond donors (Lipinski definition) is 2. The number of nitrogens with zero attached hydrogens (tertiary/aromatic N) is 2. The molecule has 1 aromatic heterocycles. The highest BCUT2D eigenvalue weighted by atomic mass is 16.2. The first-order valence-electron chi connectivity index (χ1n) is 7.44. The fourth-order valence-corrected chi connectivity index (χ4v) is 1.92. The highest BCUT2D eigenvalue weighted by Crippen LogP contribution is 2.15. The molecule has 1 aromatic carbocycles. The summed E-state index contributed by atoms with van der Waals surface area (Å²) in [5, 5.41) is 5.55. The van der Waals surface area contributed by atoms with Crippen LogP contribution in [0, 0.1) is 12.8 Å². The Kier molecular flexibility index (Phi) is 5.41. The van der Waals surface area contributed by atoms with Gasteiger partial charge in [0.05, 0.1) is 11.9 Å². The third kappa shape index (κ3) is 5.18. The Balaban J connectivity index is 1.95. The van der Waals surface area contributed by atoms with Crippen LogP contribution in [0.15, 0.2) is 36.7 Å². The molecule has 2 amide bonds. The van der Waals surface area contributed by atoms with Crippen molar-refractivity contribution in [2.45, 2.75) is 27.2 Å². The third-order valence-corrected chi connectivity index (χ3v) is 3.03. The minimum Gasteiger partial charge on any atom is -0.326 e. The summed E-state index contributed by atoms with van der Waals surface area (Å²) in [5.74, 6) is -0.0370. The fraction of sp³-hybridized carbons (Fsp3) is 0.294. The van der Waals surface area contributed by atoms with Gasteiger partial charge in [0.25, 0.3) is 5.91 Å². The second-order valence-corrected chi connectivity index (χ2v) is 5.72. The van der Waals surface area contributed by atoms with Crippen LogP contribution in [0.1, 0.15) is 36.5 Å². The van der Waals surface area contributed by atoms with Crippen molar-refractivity contribution in [1.82, 2.24) is 9.97 Å². The number of hydrogen-bond acceptors (Lipinski definition) is 4. The van der Waals surface area contributed by atoms with Crippen molar-refractivity contribution in [2.24, 2.45) is 5.92 Å². The van der Waals surface area contributed by atoms with Gasteiger partial charge in [-0.2, -0.15) is 0 Å². The highest BCUT2D eigenvalue weighted by molar-refractivity contribution is 6.02.